The minimum atomic E-state index is -4.22. The molecule has 1 unspecified atom stereocenters. The molecule has 0 aliphatic carbocycles. The summed E-state index contributed by atoms with van der Waals surface area (Å²) < 4.78 is 42.7. The van der Waals surface area contributed by atoms with E-state index in [4.69, 9.17) is 11.6 Å². The van der Waals surface area contributed by atoms with Crippen LogP contribution in [0.25, 0.3) is 0 Å². The van der Waals surface area contributed by atoms with Crippen molar-refractivity contribution in [2.45, 2.75) is 42.8 Å². The molecule has 10 heteroatoms. The number of hydrogen-bond donors (Lipinski definition) is 0. The Morgan fingerprint density at radius 2 is 1.53 bits per heavy atom. The van der Waals surface area contributed by atoms with Crippen LogP contribution < -0.4 is 4.90 Å². The van der Waals surface area contributed by atoms with Crippen molar-refractivity contribution in [1.29, 1.82) is 0 Å². The number of anilines is 1. The van der Waals surface area contributed by atoms with E-state index in [1.165, 1.54) is 16.4 Å². The molecule has 5 rings (SSSR count). The highest BCUT2D eigenvalue weighted by atomic mass is 35.5. The second-order valence-electron chi connectivity index (χ2n) is 9.55. The van der Waals surface area contributed by atoms with Gasteiger partial charge in [-0.15, -0.1) is 0 Å². The summed E-state index contributed by atoms with van der Waals surface area (Å²) in [5.74, 6) is -1.65. The number of benzene rings is 3. The average Bonchev–Trinajstić information content (AvgIpc) is 3.19. The van der Waals surface area contributed by atoms with Gasteiger partial charge in [0.25, 0.3) is 5.91 Å². The van der Waals surface area contributed by atoms with E-state index in [1.807, 2.05) is 30.3 Å². The molecule has 38 heavy (non-hydrogen) atoms. The Kier molecular flexibility index (Phi) is 7.63. The zero-order valence-corrected chi connectivity index (χ0v) is 22.1. The number of amides is 2. The molecule has 0 radical (unpaired) electrons. The fourth-order valence-electron chi connectivity index (χ4n) is 5.20. The number of piperidine rings is 1. The Balaban J connectivity index is 1.43. The van der Waals surface area contributed by atoms with Gasteiger partial charge in [-0.25, -0.2) is 17.7 Å². The third-order valence-corrected chi connectivity index (χ3v) is 9.30. The molecule has 2 aliphatic heterocycles. The molecule has 0 spiro atoms. The van der Waals surface area contributed by atoms with E-state index >= 15 is 0 Å². The SMILES string of the molecule is O=C1CC(N(C2CCN(Cc3ccccc3)CC2)S(=O)(=O)c2ccc(F)cc2)C(=O)N1c1ccc(Cl)cc1. The van der Waals surface area contributed by atoms with E-state index in [0.717, 1.165) is 29.1 Å². The molecule has 2 amide bonds. The normalized spacial score (nSPS) is 19.4. The van der Waals surface area contributed by atoms with Gasteiger partial charge in [0, 0.05) is 30.7 Å². The number of sulfonamides is 1. The molecule has 2 aliphatic rings. The summed E-state index contributed by atoms with van der Waals surface area (Å²) in [6, 6.07) is 19.1. The van der Waals surface area contributed by atoms with Gasteiger partial charge in [-0.3, -0.25) is 14.5 Å². The first-order valence-electron chi connectivity index (χ1n) is 12.4. The van der Waals surface area contributed by atoms with Gasteiger partial charge in [-0.1, -0.05) is 41.9 Å². The van der Waals surface area contributed by atoms with E-state index in [0.29, 0.717) is 36.6 Å². The van der Waals surface area contributed by atoms with Crippen LogP contribution in [0.3, 0.4) is 0 Å². The van der Waals surface area contributed by atoms with Crippen LogP contribution in [0.2, 0.25) is 5.02 Å². The predicted molar refractivity (Wildman–Crippen MR) is 143 cm³/mol. The van der Waals surface area contributed by atoms with Gasteiger partial charge in [-0.2, -0.15) is 4.31 Å². The van der Waals surface area contributed by atoms with Crippen molar-refractivity contribution in [1.82, 2.24) is 9.21 Å². The van der Waals surface area contributed by atoms with Gasteiger partial charge >= 0.3 is 0 Å². The molecule has 2 fully saturated rings. The maximum atomic E-state index is 13.9. The number of carbonyl (C=O) groups excluding carboxylic acids is 2. The number of rotatable bonds is 7. The minimum absolute atomic E-state index is 0.115. The smallest absolute Gasteiger partial charge is 0.252 e. The lowest BCUT2D eigenvalue weighted by atomic mass is 10.0. The lowest BCUT2D eigenvalue weighted by Gasteiger charge is -2.39. The highest BCUT2D eigenvalue weighted by molar-refractivity contribution is 7.89. The Hall–Kier alpha value is -3.11. The molecule has 0 aromatic heterocycles. The molecule has 3 aromatic rings. The largest absolute Gasteiger partial charge is 0.299 e. The topological polar surface area (TPSA) is 78.0 Å². The van der Waals surface area contributed by atoms with Gasteiger partial charge in [0.15, 0.2) is 0 Å². The number of hydrogen-bond acceptors (Lipinski definition) is 5. The highest BCUT2D eigenvalue weighted by Gasteiger charge is 2.49. The van der Waals surface area contributed by atoms with Crippen molar-refractivity contribution in [2.24, 2.45) is 0 Å². The minimum Gasteiger partial charge on any atom is -0.299 e. The third kappa shape index (κ3) is 5.37. The first-order valence-corrected chi connectivity index (χ1v) is 14.2. The lowest BCUT2D eigenvalue weighted by Crippen LogP contribution is -2.53. The van der Waals surface area contributed by atoms with Gasteiger partial charge in [-0.05, 0) is 66.9 Å². The molecular formula is C28H27ClFN3O4S. The summed E-state index contributed by atoms with van der Waals surface area (Å²) >= 11 is 5.97. The van der Waals surface area contributed by atoms with E-state index in [1.54, 1.807) is 24.3 Å². The maximum Gasteiger partial charge on any atom is 0.252 e. The van der Waals surface area contributed by atoms with Crippen LogP contribution in [0.5, 0.6) is 0 Å². The predicted octanol–water partition coefficient (Wildman–Crippen LogP) is 4.47. The summed E-state index contributed by atoms with van der Waals surface area (Å²) in [4.78, 5) is 29.8. The van der Waals surface area contributed by atoms with Crippen LogP contribution in [-0.4, -0.2) is 54.6 Å². The summed E-state index contributed by atoms with van der Waals surface area (Å²) in [5, 5.41) is 0.451. The molecular weight excluding hydrogens is 529 g/mol. The average molecular weight is 556 g/mol. The second kappa shape index (κ2) is 10.9. The Morgan fingerprint density at radius 1 is 0.895 bits per heavy atom. The Bertz CT molecular complexity index is 1410. The standard InChI is InChI=1S/C28H27ClFN3O4S/c29-21-6-10-23(11-7-21)32-27(34)18-26(28(32)35)33(38(36,37)25-12-8-22(30)9-13-25)24-14-16-31(17-15-24)19-20-4-2-1-3-5-20/h1-13,24,26H,14-19H2. The van der Waals surface area contributed by atoms with Gasteiger partial charge in [0.05, 0.1) is 17.0 Å². The number of nitrogens with zero attached hydrogens (tertiary/aromatic N) is 3. The number of halogens is 2. The molecule has 0 bridgehead atoms. The van der Waals surface area contributed by atoms with Crippen LogP contribution in [0, 0.1) is 5.82 Å². The van der Waals surface area contributed by atoms with E-state index in [2.05, 4.69) is 4.90 Å². The van der Waals surface area contributed by atoms with Crippen LogP contribution >= 0.6 is 11.6 Å². The zero-order chi connectivity index (χ0) is 26.9. The molecule has 2 heterocycles. The monoisotopic (exact) mass is 555 g/mol. The molecule has 1 atom stereocenters. The first kappa shape index (κ1) is 26.5. The molecule has 3 aromatic carbocycles. The van der Waals surface area contributed by atoms with Gasteiger partial charge < -0.3 is 0 Å². The number of likely N-dealkylation sites (tertiary alicyclic amines) is 1. The number of carbonyl (C=O) groups is 2. The third-order valence-electron chi connectivity index (χ3n) is 7.07. The van der Waals surface area contributed by atoms with Crippen LogP contribution in [-0.2, 0) is 26.2 Å². The van der Waals surface area contributed by atoms with Gasteiger partial charge in [0.2, 0.25) is 15.9 Å². The van der Waals surface area contributed by atoms with Crippen LogP contribution in [0.4, 0.5) is 10.1 Å². The van der Waals surface area contributed by atoms with E-state index in [9.17, 15) is 22.4 Å². The summed E-state index contributed by atoms with van der Waals surface area (Å²) in [7, 11) is -4.22. The van der Waals surface area contributed by atoms with Crippen molar-refractivity contribution in [3.8, 4) is 0 Å². The molecule has 2 saturated heterocycles. The quantitative estimate of drug-likeness (QED) is 0.402. The van der Waals surface area contributed by atoms with Crippen molar-refractivity contribution >= 4 is 39.1 Å². The Labute approximate surface area is 226 Å². The van der Waals surface area contributed by atoms with Crippen LogP contribution in [0.1, 0.15) is 24.8 Å². The fraction of sp³-hybridized carbons (Fsp3) is 0.286. The van der Waals surface area contributed by atoms with Crippen molar-refractivity contribution < 1.29 is 22.4 Å². The molecule has 0 saturated carbocycles. The molecule has 7 nitrogen and oxygen atoms in total. The highest BCUT2D eigenvalue weighted by Crippen LogP contribution is 2.34. The molecule has 198 valence electrons. The summed E-state index contributed by atoms with van der Waals surface area (Å²) in [6.07, 6.45) is 0.713. The maximum absolute atomic E-state index is 13.9. The zero-order valence-electron chi connectivity index (χ0n) is 20.5. The first-order chi connectivity index (χ1) is 18.2. The summed E-state index contributed by atoms with van der Waals surface area (Å²) in [5.41, 5.74) is 1.50. The number of imide groups is 1. The molecule has 0 N–H and O–H groups in total. The van der Waals surface area contributed by atoms with Crippen molar-refractivity contribution in [3.05, 3.63) is 95.3 Å². The van der Waals surface area contributed by atoms with E-state index in [-0.39, 0.29) is 11.3 Å². The summed E-state index contributed by atoms with van der Waals surface area (Å²) in [6.45, 7) is 2.00. The van der Waals surface area contributed by atoms with Crippen molar-refractivity contribution in [3.63, 3.8) is 0 Å². The second-order valence-corrected chi connectivity index (χ2v) is 11.8. The van der Waals surface area contributed by atoms with Crippen molar-refractivity contribution in [2.75, 3.05) is 18.0 Å². The lowest BCUT2D eigenvalue weighted by molar-refractivity contribution is -0.122. The van der Waals surface area contributed by atoms with E-state index < -0.39 is 39.7 Å². The van der Waals surface area contributed by atoms with Gasteiger partial charge in [0.1, 0.15) is 11.9 Å². The Morgan fingerprint density at radius 3 is 2.16 bits per heavy atom. The van der Waals surface area contributed by atoms with Crippen LogP contribution in [0.15, 0.2) is 83.8 Å². The fourth-order valence-corrected chi connectivity index (χ4v) is 7.15.